The molecule has 1 aromatic carbocycles. The molecule has 1 saturated heterocycles. The largest absolute Gasteiger partial charge is 0.493 e. The normalized spacial score (nSPS) is 18.6. The van der Waals surface area contributed by atoms with Crippen LogP contribution in [0.1, 0.15) is 49.0 Å². The van der Waals surface area contributed by atoms with Crippen molar-refractivity contribution in [2.24, 2.45) is 10.9 Å². The van der Waals surface area contributed by atoms with Gasteiger partial charge in [-0.2, -0.15) is 0 Å². The van der Waals surface area contributed by atoms with Crippen LogP contribution in [-0.2, 0) is 30.8 Å². The Kier molecular flexibility index (Phi) is 7.40. The van der Waals surface area contributed by atoms with Crippen molar-refractivity contribution < 1.29 is 9.47 Å². The first-order valence-corrected chi connectivity index (χ1v) is 11.5. The number of nitrogens with zero attached hydrogens (tertiary/aromatic N) is 4. The van der Waals surface area contributed by atoms with Crippen molar-refractivity contribution in [2.45, 2.75) is 59.2 Å². The highest BCUT2D eigenvalue weighted by atomic mass is 16.5. The second-order valence-electron chi connectivity index (χ2n) is 8.34. The summed E-state index contributed by atoms with van der Waals surface area (Å²) in [6, 6.07) is 6.32. The Balaban J connectivity index is 1.40. The first-order valence-electron chi connectivity index (χ1n) is 11.5. The molecule has 168 valence electrons. The molecule has 0 saturated carbocycles. The lowest BCUT2D eigenvalue weighted by Gasteiger charge is -2.16. The highest BCUT2D eigenvalue weighted by Crippen LogP contribution is 2.23. The van der Waals surface area contributed by atoms with Gasteiger partial charge < -0.3 is 24.7 Å². The Morgan fingerprint density at radius 1 is 1.29 bits per heavy atom. The highest BCUT2D eigenvalue weighted by Gasteiger charge is 2.18. The fourth-order valence-corrected chi connectivity index (χ4v) is 4.02. The van der Waals surface area contributed by atoms with Gasteiger partial charge in [0, 0.05) is 37.6 Å². The molecule has 2 aliphatic heterocycles. The number of guanidine groups is 1. The van der Waals surface area contributed by atoms with E-state index in [2.05, 4.69) is 57.4 Å². The van der Waals surface area contributed by atoms with Crippen LogP contribution in [0.25, 0.3) is 0 Å². The van der Waals surface area contributed by atoms with Gasteiger partial charge in [0.15, 0.2) is 11.8 Å². The molecule has 3 heterocycles. The second-order valence-corrected chi connectivity index (χ2v) is 8.34. The topological polar surface area (TPSA) is 85.6 Å². The monoisotopic (exact) mass is 426 g/mol. The number of aliphatic imine (C=N–C) groups is 1. The van der Waals surface area contributed by atoms with E-state index in [1.165, 1.54) is 18.4 Å². The van der Waals surface area contributed by atoms with E-state index in [0.717, 1.165) is 68.1 Å². The predicted molar refractivity (Wildman–Crippen MR) is 120 cm³/mol. The van der Waals surface area contributed by atoms with Crippen molar-refractivity contribution in [1.29, 1.82) is 0 Å². The number of aryl methyl sites for hydroxylation is 2. The molecule has 1 fully saturated rings. The smallest absolute Gasteiger partial charge is 0.191 e. The third kappa shape index (κ3) is 5.76. The van der Waals surface area contributed by atoms with Crippen molar-refractivity contribution in [3.05, 3.63) is 41.0 Å². The minimum absolute atomic E-state index is 0.477. The number of nitrogens with one attached hydrogen (secondary N) is 2. The van der Waals surface area contributed by atoms with Crippen LogP contribution in [0.2, 0.25) is 0 Å². The molecule has 8 nitrogen and oxygen atoms in total. The fraction of sp³-hybridized carbons (Fsp3) is 0.609. The number of benzene rings is 1. The van der Waals surface area contributed by atoms with Crippen LogP contribution in [0, 0.1) is 12.8 Å². The third-order valence-electron chi connectivity index (χ3n) is 5.82. The van der Waals surface area contributed by atoms with E-state index in [-0.39, 0.29) is 0 Å². The third-order valence-corrected chi connectivity index (χ3v) is 5.82. The lowest BCUT2D eigenvalue weighted by atomic mass is 10.1. The molecule has 0 aliphatic carbocycles. The summed E-state index contributed by atoms with van der Waals surface area (Å²) in [5.74, 6) is 4.23. The summed E-state index contributed by atoms with van der Waals surface area (Å²) in [6.07, 6.45) is 4.48. The first-order chi connectivity index (χ1) is 15.2. The van der Waals surface area contributed by atoms with E-state index in [0.29, 0.717) is 25.6 Å². The zero-order valence-corrected chi connectivity index (χ0v) is 18.7. The molecule has 0 amide bonds. The lowest BCUT2D eigenvalue weighted by molar-refractivity contribution is 0.166. The highest BCUT2D eigenvalue weighted by molar-refractivity contribution is 5.79. The summed E-state index contributed by atoms with van der Waals surface area (Å²) < 4.78 is 13.9. The summed E-state index contributed by atoms with van der Waals surface area (Å²) >= 11 is 0. The van der Waals surface area contributed by atoms with E-state index in [1.54, 1.807) is 0 Å². The van der Waals surface area contributed by atoms with E-state index >= 15 is 0 Å². The van der Waals surface area contributed by atoms with Crippen LogP contribution in [0.15, 0.2) is 23.2 Å². The maximum Gasteiger partial charge on any atom is 0.191 e. The molecular weight excluding hydrogens is 392 g/mol. The molecule has 4 rings (SSSR count). The van der Waals surface area contributed by atoms with Crippen LogP contribution < -0.4 is 15.4 Å². The van der Waals surface area contributed by atoms with Gasteiger partial charge in [0.2, 0.25) is 0 Å². The minimum atomic E-state index is 0.477. The zero-order valence-electron chi connectivity index (χ0n) is 18.7. The molecule has 0 bridgehead atoms. The number of rotatable bonds is 8. The second kappa shape index (κ2) is 10.6. The molecule has 2 aromatic rings. The summed E-state index contributed by atoms with van der Waals surface area (Å²) in [5, 5.41) is 15.4. The average Bonchev–Trinajstić information content (AvgIpc) is 3.45. The molecule has 0 spiro atoms. The lowest BCUT2D eigenvalue weighted by Crippen LogP contribution is -2.37. The summed E-state index contributed by atoms with van der Waals surface area (Å²) in [7, 11) is 0. The molecule has 0 radical (unpaired) electrons. The predicted octanol–water partition coefficient (Wildman–Crippen LogP) is 2.59. The first kappa shape index (κ1) is 21.6. The number of aromatic nitrogens is 3. The van der Waals surface area contributed by atoms with Gasteiger partial charge in [-0.15, -0.1) is 10.2 Å². The Morgan fingerprint density at radius 3 is 3.06 bits per heavy atom. The van der Waals surface area contributed by atoms with Crippen molar-refractivity contribution in [3.8, 4) is 5.75 Å². The van der Waals surface area contributed by atoms with Gasteiger partial charge in [-0.1, -0.05) is 12.1 Å². The zero-order chi connectivity index (χ0) is 21.5. The molecular formula is C23H34N6O2. The van der Waals surface area contributed by atoms with Gasteiger partial charge in [0.1, 0.15) is 11.6 Å². The van der Waals surface area contributed by atoms with Crippen molar-refractivity contribution >= 4 is 5.96 Å². The molecule has 2 aliphatic rings. The van der Waals surface area contributed by atoms with Crippen LogP contribution in [0.5, 0.6) is 5.75 Å². The molecule has 1 atom stereocenters. The molecule has 1 aromatic heterocycles. The Labute approximate surface area is 184 Å². The molecule has 31 heavy (non-hydrogen) atoms. The summed E-state index contributed by atoms with van der Waals surface area (Å²) in [5.41, 5.74) is 2.27. The molecule has 1 unspecified atom stereocenters. The molecule has 8 heteroatoms. The van der Waals surface area contributed by atoms with Gasteiger partial charge in [-0.3, -0.25) is 0 Å². The number of ether oxygens (including phenoxy) is 2. The van der Waals surface area contributed by atoms with Gasteiger partial charge in [0.05, 0.1) is 26.3 Å². The Hall–Kier alpha value is -2.61. The Bertz CT molecular complexity index is 888. The van der Waals surface area contributed by atoms with E-state index in [4.69, 9.17) is 14.5 Å². The van der Waals surface area contributed by atoms with Gasteiger partial charge in [-0.25, -0.2) is 4.99 Å². The van der Waals surface area contributed by atoms with Crippen molar-refractivity contribution in [3.63, 3.8) is 0 Å². The van der Waals surface area contributed by atoms with Gasteiger partial charge in [0.25, 0.3) is 0 Å². The quantitative estimate of drug-likeness (QED) is 0.499. The van der Waals surface area contributed by atoms with Crippen LogP contribution >= 0.6 is 0 Å². The maximum atomic E-state index is 6.16. The minimum Gasteiger partial charge on any atom is -0.493 e. The number of hydrogen-bond acceptors (Lipinski definition) is 5. The van der Waals surface area contributed by atoms with Gasteiger partial charge >= 0.3 is 0 Å². The van der Waals surface area contributed by atoms with E-state index < -0.39 is 0 Å². The van der Waals surface area contributed by atoms with Crippen LogP contribution in [-0.4, -0.2) is 47.1 Å². The van der Waals surface area contributed by atoms with Crippen LogP contribution in [0.3, 0.4) is 0 Å². The van der Waals surface area contributed by atoms with Gasteiger partial charge in [-0.05, 0) is 44.7 Å². The van der Waals surface area contributed by atoms with Crippen molar-refractivity contribution in [1.82, 2.24) is 25.4 Å². The van der Waals surface area contributed by atoms with E-state index in [1.807, 2.05) is 0 Å². The standard InChI is InChI=1S/C23H34N6O2/c1-3-24-23(26-14-22-28-27-21-6-4-5-10-29(21)22)25-13-19-8-7-17(2)12-20(19)31-16-18-9-11-30-15-18/h7-8,12,18H,3-6,9-11,13-16H2,1-2H3,(H2,24,25,26). The number of fused-ring (bicyclic) bond motifs is 1. The Morgan fingerprint density at radius 2 is 2.23 bits per heavy atom. The SMILES string of the molecule is CCNC(=NCc1ccc(C)cc1OCC1CCOC1)NCc1nnc2n1CCCC2. The van der Waals surface area contributed by atoms with E-state index in [9.17, 15) is 0 Å². The van der Waals surface area contributed by atoms with Crippen molar-refractivity contribution in [2.75, 3.05) is 26.4 Å². The van der Waals surface area contributed by atoms with Crippen LogP contribution in [0.4, 0.5) is 0 Å². The fourth-order valence-electron chi connectivity index (χ4n) is 4.02. The molecule has 2 N–H and O–H groups in total. The summed E-state index contributed by atoms with van der Waals surface area (Å²) in [6.45, 7) is 9.43. The number of hydrogen-bond donors (Lipinski definition) is 2. The maximum absolute atomic E-state index is 6.16. The summed E-state index contributed by atoms with van der Waals surface area (Å²) in [4.78, 5) is 4.80. The average molecular weight is 427 g/mol.